The van der Waals surface area contributed by atoms with Crippen LogP contribution in [0.5, 0.6) is 11.5 Å². The number of rotatable bonds is 9. The fourth-order valence-corrected chi connectivity index (χ4v) is 3.50. The van der Waals surface area contributed by atoms with E-state index in [9.17, 15) is 4.79 Å². The Morgan fingerprint density at radius 1 is 1.00 bits per heavy atom. The van der Waals surface area contributed by atoms with E-state index in [2.05, 4.69) is 4.98 Å². The van der Waals surface area contributed by atoms with Gasteiger partial charge in [-0.05, 0) is 41.8 Å². The van der Waals surface area contributed by atoms with E-state index in [0.29, 0.717) is 24.5 Å². The standard InChI is InChI=1S/C26H24N2O4/c1-31-25-15-21(11-13-24(25)32-17-19-7-3-2-4-8-19)22-16-28(18-27-22)23-10-6-5-9-20(23)12-14-26(29)30/h2-11,13,15-16,18H,12,14,17H2,1H3,(H,29,30). The highest BCUT2D eigenvalue weighted by atomic mass is 16.5. The first-order valence-electron chi connectivity index (χ1n) is 10.3. The van der Waals surface area contributed by atoms with Gasteiger partial charge in [0, 0.05) is 23.9 Å². The summed E-state index contributed by atoms with van der Waals surface area (Å²) in [5.74, 6) is 0.487. The Morgan fingerprint density at radius 2 is 1.78 bits per heavy atom. The zero-order valence-corrected chi connectivity index (χ0v) is 17.8. The van der Waals surface area contributed by atoms with Gasteiger partial charge in [-0.25, -0.2) is 4.98 Å². The number of benzene rings is 3. The molecule has 0 radical (unpaired) electrons. The van der Waals surface area contributed by atoms with E-state index in [1.54, 1.807) is 13.4 Å². The molecular formula is C26H24N2O4. The molecule has 0 spiro atoms. The quantitative estimate of drug-likeness (QED) is 0.399. The van der Waals surface area contributed by atoms with Gasteiger partial charge in [0.25, 0.3) is 0 Å². The molecule has 3 aromatic carbocycles. The van der Waals surface area contributed by atoms with Crippen LogP contribution in [-0.4, -0.2) is 27.7 Å². The molecule has 1 heterocycles. The van der Waals surface area contributed by atoms with Crippen molar-refractivity contribution in [2.24, 2.45) is 0 Å². The first kappa shape index (κ1) is 21.2. The summed E-state index contributed by atoms with van der Waals surface area (Å²) >= 11 is 0. The van der Waals surface area contributed by atoms with Crippen molar-refractivity contribution in [3.8, 4) is 28.4 Å². The summed E-state index contributed by atoms with van der Waals surface area (Å²) in [7, 11) is 1.62. The molecule has 0 bridgehead atoms. The number of imidazole rings is 1. The van der Waals surface area contributed by atoms with Gasteiger partial charge in [0.1, 0.15) is 6.61 Å². The number of carboxylic acids is 1. The van der Waals surface area contributed by atoms with Crippen molar-refractivity contribution < 1.29 is 19.4 Å². The number of methoxy groups -OCH3 is 1. The maximum absolute atomic E-state index is 11.0. The summed E-state index contributed by atoms with van der Waals surface area (Å²) in [4.78, 5) is 15.5. The van der Waals surface area contributed by atoms with Crippen molar-refractivity contribution in [3.63, 3.8) is 0 Å². The Labute approximate surface area is 186 Å². The predicted octanol–water partition coefficient (Wildman–Crippen LogP) is 5.14. The summed E-state index contributed by atoms with van der Waals surface area (Å²) < 4.78 is 13.4. The second kappa shape index (κ2) is 9.83. The van der Waals surface area contributed by atoms with Crippen LogP contribution in [0.25, 0.3) is 16.9 Å². The van der Waals surface area contributed by atoms with Gasteiger partial charge in [-0.3, -0.25) is 4.79 Å². The van der Waals surface area contributed by atoms with Gasteiger partial charge in [-0.15, -0.1) is 0 Å². The molecule has 4 aromatic rings. The molecule has 0 unspecified atom stereocenters. The molecule has 0 saturated carbocycles. The lowest BCUT2D eigenvalue weighted by Crippen LogP contribution is -2.01. The van der Waals surface area contributed by atoms with E-state index in [4.69, 9.17) is 14.6 Å². The van der Waals surface area contributed by atoms with Crippen LogP contribution in [0.2, 0.25) is 0 Å². The van der Waals surface area contributed by atoms with Crippen LogP contribution in [0, 0.1) is 0 Å². The minimum Gasteiger partial charge on any atom is -0.493 e. The van der Waals surface area contributed by atoms with Gasteiger partial charge in [0.2, 0.25) is 0 Å². The van der Waals surface area contributed by atoms with Crippen molar-refractivity contribution in [3.05, 3.63) is 96.4 Å². The van der Waals surface area contributed by atoms with Crippen LogP contribution in [0.15, 0.2) is 85.3 Å². The van der Waals surface area contributed by atoms with E-state index >= 15 is 0 Å². The number of aromatic nitrogens is 2. The summed E-state index contributed by atoms with van der Waals surface area (Å²) in [6, 6.07) is 23.5. The SMILES string of the molecule is COc1cc(-c2cn(-c3ccccc3CCC(=O)O)cn2)ccc1OCc1ccccc1. The molecule has 6 nitrogen and oxygen atoms in total. The van der Waals surface area contributed by atoms with E-state index < -0.39 is 5.97 Å². The lowest BCUT2D eigenvalue weighted by atomic mass is 10.1. The van der Waals surface area contributed by atoms with Gasteiger partial charge in [-0.2, -0.15) is 0 Å². The Balaban J connectivity index is 1.55. The average molecular weight is 428 g/mol. The second-order valence-corrected chi connectivity index (χ2v) is 7.33. The molecule has 0 atom stereocenters. The molecule has 6 heteroatoms. The van der Waals surface area contributed by atoms with Crippen molar-refractivity contribution in [2.45, 2.75) is 19.4 Å². The maximum Gasteiger partial charge on any atom is 0.303 e. The first-order valence-corrected chi connectivity index (χ1v) is 10.3. The molecule has 32 heavy (non-hydrogen) atoms. The molecule has 4 rings (SSSR count). The second-order valence-electron chi connectivity index (χ2n) is 7.33. The number of nitrogens with zero attached hydrogens (tertiary/aromatic N) is 2. The van der Waals surface area contributed by atoms with Gasteiger partial charge in [0.15, 0.2) is 11.5 Å². The Bertz CT molecular complexity index is 1200. The first-order chi connectivity index (χ1) is 15.6. The lowest BCUT2D eigenvalue weighted by molar-refractivity contribution is -0.136. The number of carboxylic acid groups (broad SMARTS) is 1. The van der Waals surface area contributed by atoms with Crippen molar-refractivity contribution >= 4 is 5.97 Å². The largest absolute Gasteiger partial charge is 0.493 e. The third-order valence-corrected chi connectivity index (χ3v) is 5.16. The minimum absolute atomic E-state index is 0.0835. The van der Waals surface area contributed by atoms with Crippen LogP contribution < -0.4 is 9.47 Å². The Kier molecular flexibility index (Phi) is 6.51. The molecule has 0 saturated heterocycles. The molecule has 0 aliphatic carbocycles. The number of hydrogen-bond donors (Lipinski definition) is 1. The highest BCUT2D eigenvalue weighted by Gasteiger charge is 2.12. The monoisotopic (exact) mass is 428 g/mol. The fraction of sp³-hybridized carbons (Fsp3) is 0.154. The molecule has 0 amide bonds. The summed E-state index contributed by atoms with van der Waals surface area (Å²) in [5.41, 5.74) is 4.64. The highest BCUT2D eigenvalue weighted by molar-refractivity contribution is 5.67. The van der Waals surface area contributed by atoms with Crippen LogP contribution in [0.4, 0.5) is 0 Å². The van der Waals surface area contributed by atoms with Gasteiger partial charge >= 0.3 is 5.97 Å². The number of aliphatic carboxylic acids is 1. The van der Waals surface area contributed by atoms with E-state index in [1.165, 1.54) is 0 Å². The van der Waals surface area contributed by atoms with Gasteiger partial charge in [0.05, 0.1) is 19.1 Å². The highest BCUT2D eigenvalue weighted by Crippen LogP contribution is 2.33. The van der Waals surface area contributed by atoms with Crippen LogP contribution in [0.1, 0.15) is 17.5 Å². The smallest absolute Gasteiger partial charge is 0.303 e. The third kappa shape index (κ3) is 4.98. The summed E-state index contributed by atoms with van der Waals surface area (Å²) in [6.07, 6.45) is 4.21. The molecule has 0 aliphatic heterocycles. The number of ether oxygens (including phenoxy) is 2. The molecule has 162 valence electrons. The Morgan fingerprint density at radius 3 is 2.56 bits per heavy atom. The van der Waals surface area contributed by atoms with Crippen LogP contribution >= 0.6 is 0 Å². The van der Waals surface area contributed by atoms with Crippen molar-refractivity contribution in [1.82, 2.24) is 9.55 Å². The predicted molar refractivity (Wildman–Crippen MR) is 122 cm³/mol. The number of hydrogen-bond acceptors (Lipinski definition) is 4. The molecular weight excluding hydrogens is 404 g/mol. The fourth-order valence-electron chi connectivity index (χ4n) is 3.50. The zero-order valence-electron chi connectivity index (χ0n) is 17.8. The molecule has 0 aliphatic rings. The third-order valence-electron chi connectivity index (χ3n) is 5.16. The topological polar surface area (TPSA) is 73.6 Å². The molecule has 1 aromatic heterocycles. The normalized spacial score (nSPS) is 10.7. The Hall–Kier alpha value is -4.06. The van der Waals surface area contributed by atoms with Crippen LogP contribution in [0.3, 0.4) is 0 Å². The number of aryl methyl sites for hydroxylation is 1. The summed E-state index contributed by atoms with van der Waals surface area (Å²) in [5, 5.41) is 9.02. The number of para-hydroxylation sites is 1. The minimum atomic E-state index is -0.812. The maximum atomic E-state index is 11.0. The lowest BCUT2D eigenvalue weighted by Gasteiger charge is -2.12. The van der Waals surface area contributed by atoms with Gasteiger partial charge in [-0.1, -0.05) is 48.5 Å². The van der Waals surface area contributed by atoms with E-state index in [1.807, 2.05) is 83.6 Å². The van der Waals surface area contributed by atoms with Crippen molar-refractivity contribution in [1.29, 1.82) is 0 Å². The van der Waals surface area contributed by atoms with Crippen molar-refractivity contribution in [2.75, 3.05) is 7.11 Å². The summed E-state index contributed by atoms with van der Waals surface area (Å²) in [6.45, 7) is 0.457. The van der Waals surface area contributed by atoms with E-state index in [0.717, 1.165) is 28.1 Å². The average Bonchev–Trinajstić information content (AvgIpc) is 3.32. The van der Waals surface area contributed by atoms with Crippen LogP contribution in [-0.2, 0) is 17.8 Å². The number of carbonyl (C=O) groups is 1. The zero-order chi connectivity index (χ0) is 22.3. The van der Waals surface area contributed by atoms with Gasteiger partial charge < -0.3 is 19.1 Å². The molecule has 1 N–H and O–H groups in total. The van der Waals surface area contributed by atoms with E-state index in [-0.39, 0.29) is 6.42 Å². The molecule has 0 fully saturated rings.